The Morgan fingerprint density at radius 3 is 2.33 bits per heavy atom. The van der Waals surface area contributed by atoms with Gasteiger partial charge in [-0.2, -0.15) is 0 Å². The van der Waals surface area contributed by atoms with Crippen LogP contribution in [0, 0.1) is 0 Å². The van der Waals surface area contributed by atoms with Crippen molar-refractivity contribution in [3.05, 3.63) is 0 Å². The lowest BCUT2D eigenvalue weighted by Crippen LogP contribution is -2.34. The second kappa shape index (κ2) is 3.42. The summed E-state index contributed by atoms with van der Waals surface area (Å²) in [5.41, 5.74) is 5.19. The first-order valence-corrected chi connectivity index (χ1v) is 2.69. The molecule has 0 aromatic rings. The number of carboxylic acid groups (broad SMARTS) is 1. The summed E-state index contributed by atoms with van der Waals surface area (Å²) < 4.78 is 0. The Morgan fingerprint density at radius 1 is 1.78 bits per heavy atom. The summed E-state index contributed by atoms with van der Waals surface area (Å²) in [6.07, 6.45) is -0.932. The van der Waals surface area contributed by atoms with Crippen LogP contribution in [-0.2, 0) is 4.79 Å². The van der Waals surface area contributed by atoms with Crippen LogP contribution < -0.4 is 5.73 Å². The Bertz CT molecular complexity index is 102. The fourth-order valence-corrected chi connectivity index (χ4v) is 0.372. The molecule has 0 amide bonds. The zero-order chi connectivity index (χ0) is 7.44. The van der Waals surface area contributed by atoms with Gasteiger partial charge < -0.3 is 15.9 Å². The smallest absolute Gasteiger partial charge is 0.305 e. The monoisotopic (exact) mass is 133 g/mol. The minimum absolute atomic E-state index is 0.183. The van der Waals surface area contributed by atoms with E-state index in [-0.39, 0.29) is 6.42 Å². The topological polar surface area (TPSA) is 83.5 Å². The second-order valence-corrected chi connectivity index (χ2v) is 2.00. The predicted octanol–water partition coefficient (Wildman–Crippen LogP) is -0.831. The molecule has 0 fully saturated rings. The Hall–Kier alpha value is -0.610. The number of aliphatic hydroxyl groups excluding tert-OH is 1. The van der Waals surface area contributed by atoms with E-state index in [1.54, 1.807) is 0 Å². The molecule has 54 valence electrons. The van der Waals surface area contributed by atoms with E-state index in [4.69, 9.17) is 15.9 Å². The Kier molecular flexibility index (Phi) is 3.19. The molecule has 4 N–H and O–H groups in total. The highest BCUT2D eigenvalue weighted by atomic mass is 16.4. The van der Waals surface area contributed by atoms with Crippen molar-refractivity contribution in [2.75, 3.05) is 0 Å². The normalized spacial score (nSPS) is 16.8. The van der Waals surface area contributed by atoms with E-state index in [1.165, 1.54) is 6.92 Å². The lowest BCUT2D eigenvalue weighted by molar-refractivity contribution is -0.138. The lowest BCUT2D eigenvalue weighted by Gasteiger charge is -2.10. The molecule has 0 rings (SSSR count). The van der Waals surface area contributed by atoms with Gasteiger partial charge in [-0.3, -0.25) is 4.79 Å². The molecular weight excluding hydrogens is 122 g/mol. The van der Waals surface area contributed by atoms with Crippen molar-refractivity contribution in [3.63, 3.8) is 0 Å². The van der Waals surface area contributed by atoms with Crippen LogP contribution in [0.1, 0.15) is 13.3 Å². The number of carbonyl (C=O) groups is 1. The molecule has 0 unspecified atom stereocenters. The van der Waals surface area contributed by atoms with Gasteiger partial charge in [-0.15, -0.1) is 0 Å². The highest BCUT2D eigenvalue weighted by Gasteiger charge is 2.12. The number of hydrogen-bond acceptors (Lipinski definition) is 3. The van der Waals surface area contributed by atoms with Crippen LogP contribution in [0.5, 0.6) is 0 Å². The van der Waals surface area contributed by atoms with E-state index in [0.717, 1.165) is 0 Å². The van der Waals surface area contributed by atoms with Gasteiger partial charge in [0, 0.05) is 6.04 Å². The summed E-state index contributed by atoms with van der Waals surface area (Å²) in [5, 5.41) is 16.8. The number of hydrogen-bond donors (Lipinski definition) is 3. The predicted molar refractivity (Wildman–Crippen MR) is 31.9 cm³/mol. The molecule has 9 heavy (non-hydrogen) atoms. The average Bonchev–Trinajstić information content (AvgIpc) is 1.63. The van der Waals surface area contributed by atoms with Gasteiger partial charge in [-0.05, 0) is 6.92 Å². The minimum atomic E-state index is -0.983. The van der Waals surface area contributed by atoms with Gasteiger partial charge >= 0.3 is 5.97 Å². The third-order valence-corrected chi connectivity index (χ3v) is 1.03. The fraction of sp³-hybridized carbons (Fsp3) is 0.800. The summed E-state index contributed by atoms with van der Waals surface area (Å²) in [4.78, 5) is 9.92. The standard InChI is InChI=1S/C5H11NO3/c1-3(7)4(6)2-5(8)9/h3-4,7H,2,6H2,1H3,(H,8,9)/t3-,4-/m1/s1. The third-order valence-electron chi connectivity index (χ3n) is 1.03. The average molecular weight is 133 g/mol. The lowest BCUT2D eigenvalue weighted by atomic mass is 10.1. The summed E-state index contributed by atoms with van der Waals surface area (Å²) in [6, 6.07) is -0.650. The molecule has 0 aromatic heterocycles. The molecule has 4 heteroatoms. The van der Waals surface area contributed by atoms with Crippen LogP contribution in [0.25, 0.3) is 0 Å². The fourth-order valence-electron chi connectivity index (χ4n) is 0.372. The van der Waals surface area contributed by atoms with Gasteiger partial charge in [0.2, 0.25) is 0 Å². The van der Waals surface area contributed by atoms with Crippen molar-refractivity contribution in [3.8, 4) is 0 Å². The zero-order valence-electron chi connectivity index (χ0n) is 5.24. The van der Waals surface area contributed by atoms with Crippen molar-refractivity contribution >= 4 is 5.97 Å². The van der Waals surface area contributed by atoms with Crippen LogP contribution in [0.2, 0.25) is 0 Å². The molecule has 0 aromatic carbocycles. The van der Waals surface area contributed by atoms with Crippen LogP contribution in [-0.4, -0.2) is 28.3 Å². The van der Waals surface area contributed by atoms with E-state index in [1.807, 2.05) is 0 Å². The summed E-state index contributed by atoms with van der Waals surface area (Å²) in [7, 11) is 0. The van der Waals surface area contributed by atoms with Crippen LogP contribution in [0.4, 0.5) is 0 Å². The van der Waals surface area contributed by atoms with Crippen molar-refractivity contribution in [2.45, 2.75) is 25.5 Å². The van der Waals surface area contributed by atoms with E-state index in [2.05, 4.69) is 0 Å². The third kappa shape index (κ3) is 3.93. The molecule has 0 heterocycles. The Morgan fingerprint density at radius 2 is 2.22 bits per heavy atom. The molecule has 0 aliphatic carbocycles. The molecule has 0 bridgehead atoms. The zero-order valence-corrected chi connectivity index (χ0v) is 5.24. The number of rotatable bonds is 3. The maximum Gasteiger partial charge on any atom is 0.305 e. The first kappa shape index (κ1) is 8.39. The van der Waals surface area contributed by atoms with Gasteiger partial charge in [0.25, 0.3) is 0 Å². The maximum absolute atomic E-state index is 9.92. The molecule has 4 nitrogen and oxygen atoms in total. The van der Waals surface area contributed by atoms with Crippen molar-refractivity contribution < 1.29 is 15.0 Å². The van der Waals surface area contributed by atoms with E-state index < -0.39 is 18.1 Å². The minimum Gasteiger partial charge on any atom is -0.481 e. The Labute approximate surface area is 53.3 Å². The van der Waals surface area contributed by atoms with Gasteiger partial charge in [-0.1, -0.05) is 0 Å². The number of aliphatic carboxylic acids is 1. The first-order valence-electron chi connectivity index (χ1n) is 2.69. The SMILES string of the molecule is C[C@@H](O)[C@H](N)CC(=O)O. The summed E-state index contributed by atoms with van der Waals surface area (Å²) in [6.45, 7) is 1.47. The van der Waals surface area contributed by atoms with Gasteiger partial charge in [0.15, 0.2) is 0 Å². The van der Waals surface area contributed by atoms with Gasteiger partial charge in [0.05, 0.1) is 12.5 Å². The van der Waals surface area contributed by atoms with Crippen molar-refractivity contribution in [1.82, 2.24) is 0 Å². The quantitative estimate of drug-likeness (QED) is 0.469. The largest absolute Gasteiger partial charge is 0.481 e. The first-order chi connectivity index (χ1) is 4.04. The molecule has 0 spiro atoms. The van der Waals surface area contributed by atoms with E-state index in [0.29, 0.717) is 0 Å². The van der Waals surface area contributed by atoms with Crippen LogP contribution in [0.3, 0.4) is 0 Å². The molecule has 2 atom stereocenters. The maximum atomic E-state index is 9.92. The molecule has 0 aliphatic heterocycles. The van der Waals surface area contributed by atoms with Crippen LogP contribution >= 0.6 is 0 Å². The van der Waals surface area contributed by atoms with Crippen molar-refractivity contribution in [1.29, 1.82) is 0 Å². The van der Waals surface area contributed by atoms with Crippen LogP contribution in [0.15, 0.2) is 0 Å². The number of nitrogens with two attached hydrogens (primary N) is 1. The van der Waals surface area contributed by atoms with Gasteiger partial charge in [-0.25, -0.2) is 0 Å². The van der Waals surface area contributed by atoms with Gasteiger partial charge in [0.1, 0.15) is 0 Å². The molecule has 0 aliphatic rings. The molecular formula is C5H11NO3. The second-order valence-electron chi connectivity index (χ2n) is 2.00. The van der Waals surface area contributed by atoms with E-state index in [9.17, 15) is 4.79 Å². The summed E-state index contributed by atoms with van der Waals surface area (Å²) >= 11 is 0. The highest BCUT2D eigenvalue weighted by Crippen LogP contribution is 1.93. The van der Waals surface area contributed by atoms with Crippen molar-refractivity contribution in [2.24, 2.45) is 5.73 Å². The number of aliphatic hydroxyl groups is 1. The number of carboxylic acids is 1. The molecule has 0 saturated heterocycles. The molecule has 0 radical (unpaired) electrons. The highest BCUT2D eigenvalue weighted by molar-refractivity contribution is 5.67. The Balaban J connectivity index is 3.50. The summed E-state index contributed by atoms with van der Waals surface area (Å²) in [5.74, 6) is -0.983. The van der Waals surface area contributed by atoms with E-state index >= 15 is 0 Å². The molecule has 0 saturated carbocycles.